The van der Waals surface area contributed by atoms with Gasteiger partial charge in [-0.1, -0.05) is 13.8 Å². The van der Waals surface area contributed by atoms with Gasteiger partial charge in [0.15, 0.2) is 11.7 Å². The molecule has 0 saturated heterocycles. The fourth-order valence-electron chi connectivity index (χ4n) is 2.60. The van der Waals surface area contributed by atoms with Crippen molar-refractivity contribution in [2.75, 3.05) is 20.3 Å². The fraction of sp³-hybridized carbons (Fsp3) is 0.286. The lowest BCUT2D eigenvalue weighted by Gasteiger charge is -2.06. The first-order valence-electron chi connectivity index (χ1n) is 8.70. The van der Waals surface area contributed by atoms with E-state index in [-0.39, 0.29) is 5.92 Å². The molecule has 1 heterocycles. The minimum absolute atomic E-state index is 0.202. The zero-order chi connectivity index (χ0) is 18.5. The van der Waals surface area contributed by atoms with Gasteiger partial charge >= 0.3 is 0 Å². The maximum absolute atomic E-state index is 6.09. The van der Waals surface area contributed by atoms with Gasteiger partial charge in [-0.15, -0.1) is 0 Å². The van der Waals surface area contributed by atoms with E-state index in [1.165, 1.54) is 0 Å². The Balaban J connectivity index is 1.99. The van der Waals surface area contributed by atoms with Crippen LogP contribution in [0.2, 0.25) is 0 Å². The molecule has 0 aliphatic heterocycles. The van der Waals surface area contributed by atoms with E-state index in [4.69, 9.17) is 24.6 Å². The maximum atomic E-state index is 6.09. The van der Waals surface area contributed by atoms with Crippen LogP contribution in [0.3, 0.4) is 0 Å². The number of nitrogens with two attached hydrogens (primary N) is 1. The Hall–Kier alpha value is -2.79. The van der Waals surface area contributed by atoms with Crippen molar-refractivity contribution >= 4 is 0 Å². The Morgan fingerprint density at radius 2 is 1.58 bits per heavy atom. The molecule has 0 saturated carbocycles. The first kappa shape index (κ1) is 18.0. The summed E-state index contributed by atoms with van der Waals surface area (Å²) in [5.41, 5.74) is 8.24. The Labute approximate surface area is 153 Å². The van der Waals surface area contributed by atoms with E-state index in [0.717, 1.165) is 34.1 Å². The van der Waals surface area contributed by atoms with Crippen molar-refractivity contribution < 1.29 is 13.9 Å². The van der Waals surface area contributed by atoms with Crippen molar-refractivity contribution in [3.63, 3.8) is 0 Å². The molecule has 0 aliphatic carbocycles. The van der Waals surface area contributed by atoms with Gasteiger partial charge in [0.1, 0.15) is 23.8 Å². The second-order valence-electron chi connectivity index (χ2n) is 6.27. The first-order chi connectivity index (χ1) is 12.6. The highest BCUT2D eigenvalue weighted by Gasteiger charge is 2.18. The molecule has 1 aromatic heterocycles. The summed E-state index contributed by atoms with van der Waals surface area (Å²) in [6, 6.07) is 15.6. The van der Waals surface area contributed by atoms with E-state index in [9.17, 15) is 0 Å². The Morgan fingerprint density at radius 1 is 0.962 bits per heavy atom. The van der Waals surface area contributed by atoms with Crippen LogP contribution in [-0.2, 0) is 0 Å². The van der Waals surface area contributed by atoms with Gasteiger partial charge in [0, 0.05) is 23.6 Å². The lowest BCUT2D eigenvalue weighted by molar-refractivity contribution is 0.328. The molecule has 0 unspecified atom stereocenters. The predicted molar refractivity (Wildman–Crippen MR) is 103 cm³/mol. The molecule has 2 N–H and O–H groups in total. The van der Waals surface area contributed by atoms with Crippen molar-refractivity contribution in [1.29, 1.82) is 0 Å². The Bertz CT molecular complexity index is 837. The summed E-state index contributed by atoms with van der Waals surface area (Å²) < 4.78 is 16.9. The van der Waals surface area contributed by atoms with E-state index >= 15 is 0 Å². The molecule has 26 heavy (non-hydrogen) atoms. The van der Waals surface area contributed by atoms with Gasteiger partial charge in [-0.25, -0.2) is 4.98 Å². The summed E-state index contributed by atoms with van der Waals surface area (Å²) in [5.74, 6) is 3.27. The van der Waals surface area contributed by atoms with Crippen LogP contribution in [0.4, 0.5) is 0 Å². The predicted octanol–water partition coefficient (Wildman–Crippen LogP) is 4.48. The van der Waals surface area contributed by atoms with E-state index in [2.05, 4.69) is 13.8 Å². The van der Waals surface area contributed by atoms with Gasteiger partial charge in [0.25, 0.3) is 0 Å². The highest BCUT2D eigenvalue weighted by molar-refractivity contribution is 5.77. The quantitative estimate of drug-likeness (QED) is 0.679. The van der Waals surface area contributed by atoms with Crippen LogP contribution in [0.15, 0.2) is 52.9 Å². The van der Waals surface area contributed by atoms with Gasteiger partial charge in [-0.05, 0) is 48.5 Å². The molecule has 136 valence electrons. The van der Waals surface area contributed by atoms with Gasteiger partial charge in [0.2, 0.25) is 0 Å². The van der Waals surface area contributed by atoms with Crippen molar-refractivity contribution in [1.82, 2.24) is 4.98 Å². The number of hydrogen-bond donors (Lipinski definition) is 1. The zero-order valence-electron chi connectivity index (χ0n) is 15.4. The van der Waals surface area contributed by atoms with Gasteiger partial charge in [0.05, 0.1) is 7.11 Å². The summed E-state index contributed by atoms with van der Waals surface area (Å²) >= 11 is 0. The van der Waals surface area contributed by atoms with Crippen LogP contribution in [0, 0.1) is 0 Å². The van der Waals surface area contributed by atoms with Crippen LogP contribution >= 0.6 is 0 Å². The number of ether oxygens (including phenoxy) is 2. The SMILES string of the molecule is COc1ccc(-c2nc(C(C)C)oc2-c2ccc(OCCN)cc2)cc1. The minimum atomic E-state index is 0.202. The van der Waals surface area contributed by atoms with Crippen LogP contribution in [-0.4, -0.2) is 25.2 Å². The van der Waals surface area contributed by atoms with E-state index in [1.54, 1.807) is 7.11 Å². The molecule has 2 aromatic carbocycles. The van der Waals surface area contributed by atoms with Crippen LogP contribution in [0.25, 0.3) is 22.6 Å². The summed E-state index contributed by atoms with van der Waals surface area (Å²) in [6.45, 7) is 5.12. The van der Waals surface area contributed by atoms with Crippen molar-refractivity contribution in [2.45, 2.75) is 19.8 Å². The van der Waals surface area contributed by atoms with Crippen LogP contribution in [0.1, 0.15) is 25.7 Å². The Kier molecular flexibility index (Phi) is 5.58. The largest absolute Gasteiger partial charge is 0.497 e. The molecule has 0 fully saturated rings. The third-order valence-corrected chi connectivity index (χ3v) is 4.00. The van der Waals surface area contributed by atoms with Crippen molar-refractivity contribution in [3.05, 3.63) is 54.4 Å². The topological polar surface area (TPSA) is 70.5 Å². The molecule has 0 bridgehead atoms. The van der Waals surface area contributed by atoms with E-state index in [0.29, 0.717) is 19.0 Å². The number of nitrogens with zero attached hydrogens (tertiary/aromatic N) is 1. The lowest BCUT2D eigenvalue weighted by atomic mass is 10.1. The number of rotatable bonds is 7. The van der Waals surface area contributed by atoms with E-state index in [1.807, 2.05) is 48.5 Å². The summed E-state index contributed by atoms with van der Waals surface area (Å²) in [5, 5.41) is 0. The average Bonchev–Trinajstić information content (AvgIpc) is 3.12. The average molecular weight is 352 g/mol. The van der Waals surface area contributed by atoms with E-state index < -0.39 is 0 Å². The maximum Gasteiger partial charge on any atom is 0.198 e. The van der Waals surface area contributed by atoms with Crippen molar-refractivity contribution in [2.24, 2.45) is 5.73 Å². The summed E-state index contributed by atoms with van der Waals surface area (Å²) in [6.07, 6.45) is 0. The monoisotopic (exact) mass is 352 g/mol. The van der Waals surface area contributed by atoms with Crippen LogP contribution < -0.4 is 15.2 Å². The summed E-state index contributed by atoms with van der Waals surface area (Å²) in [7, 11) is 1.65. The number of methoxy groups -OCH3 is 1. The molecular weight excluding hydrogens is 328 g/mol. The molecule has 0 aliphatic rings. The third-order valence-electron chi connectivity index (χ3n) is 4.00. The lowest BCUT2D eigenvalue weighted by Crippen LogP contribution is -2.10. The minimum Gasteiger partial charge on any atom is -0.497 e. The van der Waals surface area contributed by atoms with Gasteiger partial charge in [-0.3, -0.25) is 0 Å². The zero-order valence-corrected chi connectivity index (χ0v) is 15.4. The molecule has 3 rings (SSSR count). The molecule has 0 spiro atoms. The van der Waals surface area contributed by atoms with Gasteiger partial charge < -0.3 is 19.6 Å². The molecule has 0 amide bonds. The smallest absolute Gasteiger partial charge is 0.198 e. The highest BCUT2D eigenvalue weighted by Crippen LogP contribution is 2.35. The van der Waals surface area contributed by atoms with Crippen LogP contribution in [0.5, 0.6) is 11.5 Å². The molecule has 0 radical (unpaired) electrons. The second kappa shape index (κ2) is 8.06. The number of oxazole rings is 1. The molecular formula is C21H24N2O3. The molecule has 5 heteroatoms. The third kappa shape index (κ3) is 3.89. The molecule has 5 nitrogen and oxygen atoms in total. The van der Waals surface area contributed by atoms with Gasteiger partial charge in [-0.2, -0.15) is 0 Å². The standard InChI is InChI=1S/C21H24N2O3/c1-14(2)21-23-19(15-4-8-17(24-3)9-5-15)20(26-21)16-6-10-18(11-7-16)25-13-12-22/h4-11,14H,12-13,22H2,1-3H3. The highest BCUT2D eigenvalue weighted by atomic mass is 16.5. The summed E-state index contributed by atoms with van der Waals surface area (Å²) in [4.78, 5) is 4.73. The molecule has 3 aromatic rings. The number of benzene rings is 2. The first-order valence-corrected chi connectivity index (χ1v) is 8.70. The second-order valence-corrected chi connectivity index (χ2v) is 6.27. The number of hydrogen-bond acceptors (Lipinski definition) is 5. The fourth-order valence-corrected chi connectivity index (χ4v) is 2.60. The van der Waals surface area contributed by atoms with Crippen molar-refractivity contribution in [3.8, 4) is 34.1 Å². The normalized spacial score (nSPS) is 11.0. The number of aromatic nitrogens is 1. The Morgan fingerprint density at radius 3 is 2.15 bits per heavy atom. The molecule has 0 atom stereocenters.